The number of hydrogen-bond donors (Lipinski definition) is 3. The molecule has 4 heteroatoms. The smallest absolute Gasteiger partial charge is 0.190 e. The van der Waals surface area contributed by atoms with Crippen LogP contribution in [-0.4, -0.2) is 43.2 Å². The fourth-order valence-corrected chi connectivity index (χ4v) is 0.453. The zero-order valence-corrected chi connectivity index (χ0v) is 5.81. The Labute approximate surface area is 55.0 Å². The van der Waals surface area contributed by atoms with Gasteiger partial charge < -0.3 is 15.3 Å². The van der Waals surface area contributed by atoms with Crippen molar-refractivity contribution in [3.05, 3.63) is 0 Å². The molecule has 0 saturated carbocycles. The van der Waals surface area contributed by atoms with Crippen LogP contribution < -0.4 is 5.32 Å². The first-order valence-corrected chi connectivity index (χ1v) is 2.80. The van der Waals surface area contributed by atoms with Crippen LogP contribution in [0.4, 0.5) is 0 Å². The fourth-order valence-electron chi connectivity index (χ4n) is 0.453. The summed E-state index contributed by atoms with van der Waals surface area (Å²) < 4.78 is 0. The molecule has 0 amide bonds. The second-order valence-electron chi connectivity index (χ2n) is 1.74. The van der Waals surface area contributed by atoms with Gasteiger partial charge in [-0.05, 0) is 0 Å². The predicted molar refractivity (Wildman–Crippen MR) is 36.5 cm³/mol. The zero-order valence-electron chi connectivity index (χ0n) is 5.81. The van der Waals surface area contributed by atoms with E-state index in [-0.39, 0.29) is 6.61 Å². The average molecular weight is 131 g/mol. The second-order valence-corrected chi connectivity index (χ2v) is 1.74. The summed E-state index contributed by atoms with van der Waals surface area (Å²) in [5.41, 5.74) is 0. The highest BCUT2D eigenvalue weighted by Gasteiger charge is 1.97. The number of aliphatic hydroxyl groups excluding tert-OH is 1. The summed E-state index contributed by atoms with van der Waals surface area (Å²) >= 11 is 0. The van der Waals surface area contributed by atoms with Gasteiger partial charge in [-0.3, -0.25) is 5.41 Å². The lowest BCUT2D eigenvalue weighted by Gasteiger charge is -2.17. The van der Waals surface area contributed by atoms with E-state index in [4.69, 9.17) is 10.5 Å². The predicted octanol–water partition coefficient (Wildman–Crippen LogP) is -0.935. The highest BCUT2D eigenvalue weighted by atomic mass is 16.3. The molecule has 0 fully saturated rings. The van der Waals surface area contributed by atoms with Gasteiger partial charge in [-0.25, -0.2) is 0 Å². The number of aliphatic hydroxyl groups is 1. The van der Waals surface area contributed by atoms with E-state index < -0.39 is 0 Å². The number of guanidine groups is 1. The van der Waals surface area contributed by atoms with Gasteiger partial charge in [0.25, 0.3) is 0 Å². The van der Waals surface area contributed by atoms with E-state index in [2.05, 4.69) is 5.32 Å². The van der Waals surface area contributed by atoms with E-state index in [1.165, 1.54) is 0 Å². The van der Waals surface area contributed by atoms with Gasteiger partial charge in [-0.1, -0.05) is 0 Å². The van der Waals surface area contributed by atoms with E-state index in [0.717, 1.165) is 0 Å². The molecule has 0 atom stereocenters. The van der Waals surface area contributed by atoms with Crippen LogP contribution in [0.2, 0.25) is 0 Å². The summed E-state index contributed by atoms with van der Waals surface area (Å²) in [6.45, 7) is 0.584. The molecule has 0 radical (unpaired) electrons. The molecule has 0 aromatic carbocycles. The number of nitrogens with one attached hydrogen (secondary N) is 2. The number of nitrogens with zero attached hydrogens (tertiary/aromatic N) is 1. The van der Waals surface area contributed by atoms with E-state index >= 15 is 0 Å². The van der Waals surface area contributed by atoms with Crippen molar-refractivity contribution in [2.75, 3.05) is 27.2 Å². The summed E-state index contributed by atoms with van der Waals surface area (Å²) in [7, 11) is 3.42. The standard InChI is InChI=1S/C5H13N3O/c1-7-5(6)8(2)3-4-9/h9H,3-4H2,1-2H3,(H2,6,7). The van der Waals surface area contributed by atoms with Crippen LogP contribution >= 0.6 is 0 Å². The number of hydrogen-bond acceptors (Lipinski definition) is 2. The van der Waals surface area contributed by atoms with Crippen LogP contribution in [0.5, 0.6) is 0 Å². The van der Waals surface area contributed by atoms with Crippen molar-refractivity contribution in [3.63, 3.8) is 0 Å². The van der Waals surface area contributed by atoms with Crippen molar-refractivity contribution < 1.29 is 5.11 Å². The molecule has 3 N–H and O–H groups in total. The van der Waals surface area contributed by atoms with Gasteiger partial charge in [0.05, 0.1) is 6.61 Å². The molecule has 0 saturated heterocycles. The van der Waals surface area contributed by atoms with E-state index in [1.807, 2.05) is 0 Å². The first kappa shape index (κ1) is 8.23. The zero-order chi connectivity index (χ0) is 7.28. The first-order valence-electron chi connectivity index (χ1n) is 2.80. The second kappa shape index (κ2) is 4.14. The van der Waals surface area contributed by atoms with Crippen LogP contribution in [0.1, 0.15) is 0 Å². The van der Waals surface area contributed by atoms with Gasteiger partial charge >= 0.3 is 0 Å². The number of rotatable bonds is 2. The molecule has 9 heavy (non-hydrogen) atoms. The molecule has 0 spiro atoms. The molecule has 4 nitrogen and oxygen atoms in total. The monoisotopic (exact) mass is 131 g/mol. The quantitative estimate of drug-likeness (QED) is 0.335. The van der Waals surface area contributed by atoms with Crippen molar-refractivity contribution >= 4 is 5.96 Å². The van der Waals surface area contributed by atoms with Crippen molar-refractivity contribution in [2.24, 2.45) is 0 Å². The van der Waals surface area contributed by atoms with Gasteiger partial charge in [-0.15, -0.1) is 0 Å². The Morgan fingerprint density at radius 1 is 1.78 bits per heavy atom. The van der Waals surface area contributed by atoms with Crippen LogP contribution in [0.25, 0.3) is 0 Å². The molecule has 54 valence electrons. The Morgan fingerprint density at radius 2 is 2.33 bits per heavy atom. The van der Waals surface area contributed by atoms with Gasteiger partial charge in [0.15, 0.2) is 5.96 Å². The van der Waals surface area contributed by atoms with Crippen LogP contribution in [0, 0.1) is 5.41 Å². The molecular formula is C5H13N3O. The molecule has 0 aliphatic heterocycles. The van der Waals surface area contributed by atoms with Crippen molar-refractivity contribution in [3.8, 4) is 0 Å². The Morgan fingerprint density at radius 3 is 2.67 bits per heavy atom. The Balaban J connectivity index is 3.45. The minimum absolute atomic E-state index is 0.0839. The molecule has 0 rings (SSSR count). The van der Waals surface area contributed by atoms with E-state index in [9.17, 15) is 0 Å². The Bertz CT molecular complexity index is 94.2. The van der Waals surface area contributed by atoms with Gasteiger partial charge in [-0.2, -0.15) is 0 Å². The Kier molecular flexibility index (Phi) is 3.79. The summed E-state index contributed by atoms with van der Waals surface area (Å²) in [6, 6.07) is 0. The maximum Gasteiger partial charge on any atom is 0.190 e. The van der Waals surface area contributed by atoms with Crippen LogP contribution in [-0.2, 0) is 0 Å². The van der Waals surface area contributed by atoms with Crippen LogP contribution in [0.3, 0.4) is 0 Å². The normalized spacial score (nSPS) is 8.78. The van der Waals surface area contributed by atoms with E-state index in [0.29, 0.717) is 12.5 Å². The lowest BCUT2D eigenvalue weighted by Crippen LogP contribution is -2.37. The summed E-state index contributed by atoms with van der Waals surface area (Å²) in [6.07, 6.45) is 0. The summed E-state index contributed by atoms with van der Waals surface area (Å²) in [5, 5.41) is 18.2. The molecule has 0 aliphatic carbocycles. The van der Waals surface area contributed by atoms with Gasteiger partial charge in [0.1, 0.15) is 0 Å². The number of likely N-dealkylation sites (N-methyl/N-ethyl adjacent to an activating group) is 1. The first-order chi connectivity index (χ1) is 4.22. The maximum absolute atomic E-state index is 8.41. The average Bonchev–Trinajstić information content (AvgIpc) is 1.87. The van der Waals surface area contributed by atoms with Gasteiger partial charge in [0, 0.05) is 20.6 Å². The minimum atomic E-state index is 0.0839. The van der Waals surface area contributed by atoms with Crippen LogP contribution in [0.15, 0.2) is 0 Å². The van der Waals surface area contributed by atoms with E-state index in [1.54, 1.807) is 19.0 Å². The third-order valence-electron chi connectivity index (χ3n) is 1.05. The lowest BCUT2D eigenvalue weighted by atomic mass is 10.6. The molecular weight excluding hydrogens is 118 g/mol. The van der Waals surface area contributed by atoms with Crippen molar-refractivity contribution in [1.82, 2.24) is 10.2 Å². The van der Waals surface area contributed by atoms with Crippen molar-refractivity contribution in [2.45, 2.75) is 0 Å². The highest BCUT2D eigenvalue weighted by molar-refractivity contribution is 5.75. The third kappa shape index (κ3) is 2.92. The summed E-state index contributed by atoms with van der Waals surface area (Å²) in [4.78, 5) is 1.62. The fraction of sp³-hybridized carbons (Fsp3) is 0.800. The van der Waals surface area contributed by atoms with Gasteiger partial charge in [0.2, 0.25) is 0 Å². The molecule has 0 heterocycles. The third-order valence-corrected chi connectivity index (χ3v) is 1.05. The maximum atomic E-state index is 8.41. The molecule has 0 unspecified atom stereocenters. The largest absolute Gasteiger partial charge is 0.395 e. The SMILES string of the molecule is CNC(=N)N(C)CCO. The van der Waals surface area contributed by atoms with Crippen molar-refractivity contribution in [1.29, 1.82) is 5.41 Å². The molecule has 0 aromatic heterocycles. The molecule has 0 bridgehead atoms. The minimum Gasteiger partial charge on any atom is -0.395 e. The molecule has 0 aromatic rings. The Hall–Kier alpha value is -0.770. The topological polar surface area (TPSA) is 59.4 Å². The summed E-state index contributed by atoms with van der Waals surface area (Å²) in [5.74, 6) is 0.323. The molecule has 0 aliphatic rings. The lowest BCUT2D eigenvalue weighted by molar-refractivity contribution is 0.261. The highest BCUT2D eigenvalue weighted by Crippen LogP contribution is 1.77.